The van der Waals surface area contributed by atoms with Crippen LogP contribution in [0.1, 0.15) is 25.6 Å². The Balaban J connectivity index is 1.73. The third-order valence-electron chi connectivity index (χ3n) is 3.18. The zero-order valence-electron chi connectivity index (χ0n) is 13.7. The van der Waals surface area contributed by atoms with Crippen LogP contribution in [0.5, 0.6) is 5.75 Å². The van der Waals surface area contributed by atoms with E-state index in [9.17, 15) is 0 Å². The fraction of sp³-hybridized carbons (Fsp3) is 0.400. The van der Waals surface area contributed by atoms with Crippen molar-refractivity contribution in [2.24, 2.45) is 5.92 Å². The van der Waals surface area contributed by atoms with E-state index in [0.717, 1.165) is 12.1 Å². The number of ether oxygens (including phenoxy) is 1. The van der Waals surface area contributed by atoms with E-state index in [1.165, 1.54) is 11.8 Å². The number of aromatic nitrogens is 6. The van der Waals surface area contributed by atoms with Gasteiger partial charge in [-0.25, -0.2) is 0 Å². The van der Waals surface area contributed by atoms with E-state index in [4.69, 9.17) is 9.26 Å². The third-order valence-corrected chi connectivity index (χ3v) is 4.09. The number of benzene rings is 1. The first-order chi connectivity index (χ1) is 11.7. The third kappa shape index (κ3) is 3.73. The average Bonchev–Trinajstić information content (AvgIpc) is 3.21. The molecule has 8 nitrogen and oxygen atoms in total. The summed E-state index contributed by atoms with van der Waals surface area (Å²) in [6, 6.07) is 7.57. The van der Waals surface area contributed by atoms with E-state index in [2.05, 4.69) is 39.5 Å². The number of nitrogens with zero attached hydrogens (tertiary/aromatic N) is 6. The normalized spacial score (nSPS) is 11.2. The summed E-state index contributed by atoms with van der Waals surface area (Å²) in [6.07, 6.45) is 0.774. The fourth-order valence-corrected chi connectivity index (χ4v) is 2.86. The van der Waals surface area contributed by atoms with Gasteiger partial charge in [0.25, 0.3) is 0 Å². The molecule has 1 aromatic carbocycles. The molecule has 0 saturated heterocycles. The van der Waals surface area contributed by atoms with Gasteiger partial charge in [0.05, 0.1) is 12.9 Å². The van der Waals surface area contributed by atoms with Gasteiger partial charge in [0.2, 0.25) is 11.0 Å². The topological polar surface area (TPSA) is 91.8 Å². The molecule has 0 aliphatic carbocycles. The van der Waals surface area contributed by atoms with Crippen molar-refractivity contribution in [2.45, 2.75) is 31.2 Å². The summed E-state index contributed by atoms with van der Waals surface area (Å²) in [5, 5.41) is 16.5. The van der Waals surface area contributed by atoms with Crippen LogP contribution in [0.2, 0.25) is 0 Å². The second kappa shape index (κ2) is 7.43. The Morgan fingerprint density at radius 1 is 1.29 bits per heavy atom. The van der Waals surface area contributed by atoms with Crippen LogP contribution in [0.25, 0.3) is 5.69 Å². The van der Waals surface area contributed by atoms with Gasteiger partial charge < -0.3 is 9.26 Å². The largest absolute Gasteiger partial charge is 0.494 e. The maximum atomic E-state index is 5.36. The lowest BCUT2D eigenvalue weighted by atomic mass is 10.1. The lowest BCUT2D eigenvalue weighted by Gasteiger charge is -2.08. The molecule has 24 heavy (non-hydrogen) atoms. The fourth-order valence-electron chi connectivity index (χ4n) is 2.13. The SMILES string of the molecule is COc1ccccc1-n1nnnc1SCc1noc(CC(C)C)n1. The van der Waals surface area contributed by atoms with E-state index in [0.29, 0.717) is 34.3 Å². The lowest BCUT2D eigenvalue weighted by molar-refractivity contribution is 0.360. The molecule has 3 rings (SSSR count). The zero-order chi connectivity index (χ0) is 16.9. The van der Waals surface area contributed by atoms with Crippen molar-refractivity contribution in [2.75, 3.05) is 7.11 Å². The van der Waals surface area contributed by atoms with Crippen molar-refractivity contribution in [3.63, 3.8) is 0 Å². The molecule has 0 bridgehead atoms. The molecule has 0 radical (unpaired) electrons. The Hall–Kier alpha value is -2.42. The minimum absolute atomic E-state index is 0.476. The Kier molecular flexibility index (Phi) is 5.09. The van der Waals surface area contributed by atoms with Gasteiger partial charge in [-0.2, -0.15) is 9.67 Å². The summed E-state index contributed by atoms with van der Waals surface area (Å²) >= 11 is 1.44. The smallest absolute Gasteiger partial charge is 0.226 e. The number of thioether (sulfide) groups is 1. The highest BCUT2D eigenvalue weighted by Crippen LogP contribution is 2.26. The molecule has 0 saturated carbocycles. The van der Waals surface area contributed by atoms with Crippen LogP contribution in [0, 0.1) is 5.92 Å². The Morgan fingerprint density at radius 2 is 2.12 bits per heavy atom. The molecule has 0 unspecified atom stereocenters. The first-order valence-corrected chi connectivity index (χ1v) is 8.52. The van der Waals surface area contributed by atoms with Crippen LogP contribution in [-0.4, -0.2) is 37.5 Å². The molecule has 0 aliphatic heterocycles. The molecule has 126 valence electrons. The standard InChI is InChI=1S/C15H18N6O2S/c1-10(2)8-14-16-13(18-23-14)9-24-15-17-19-20-21(15)11-6-4-5-7-12(11)22-3/h4-7,10H,8-9H2,1-3H3. The van der Waals surface area contributed by atoms with Crippen LogP contribution < -0.4 is 4.74 Å². The van der Waals surface area contributed by atoms with Crippen LogP contribution in [-0.2, 0) is 12.2 Å². The quantitative estimate of drug-likeness (QED) is 0.603. The summed E-state index contributed by atoms with van der Waals surface area (Å²) < 4.78 is 12.2. The summed E-state index contributed by atoms with van der Waals surface area (Å²) in [6.45, 7) is 4.22. The summed E-state index contributed by atoms with van der Waals surface area (Å²) in [7, 11) is 1.62. The minimum Gasteiger partial charge on any atom is -0.494 e. The van der Waals surface area contributed by atoms with Gasteiger partial charge in [-0.15, -0.1) is 5.10 Å². The van der Waals surface area contributed by atoms with Crippen molar-refractivity contribution in [1.29, 1.82) is 0 Å². The second-order valence-corrected chi connectivity index (χ2v) is 6.48. The number of hydrogen-bond donors (Lipinski definition) is 0. The zero-order valence-corrected chi connectivity index (χ0v) is 14.5. The molecular formula is C15H18N6O2S. The highest BCUT2D eigenvalue weighted by Gasteiger charge is 2.15. The molecular weight excluding hydrogens is 328 g/mol. The monoisotopic (exact) mass is 346 g/mol. The van der Waals surface area contributed by atoms with E-state index in [1.54, 1.807) is 11.8 Å². The van der Waals surface area contributed by atoms with E-state index in [-0.39, 0.29) is 0 Å². The molecule has 0 amide bonds. The predicted molar refractivity (Wildman–Crippen MR) is 88.1 cm³/mol. The molecule has 9 heteroatoms. The molecule has 2 heterocycles. The van der Waals surface area contributed by atoms with Crippen molar-refractivity contribution >= 4 is 11.8 Å². The number of methoxy groups -OCH3 is 1. The molecule has 2 aromatic heterocycles. The van der Waals surface area contributed by atoms with Crippen LogP contribution in [0.4, 0.5) is 0 Å². The van der Waals surface area contributed by atoms with Crippen molar-refractivity contribution in [3.8, 4) is 11.4 Å². The van der Waals surface area contributed by atoms with E-state index in [1.807, 2.05) is 24.3 Å². The summed E-state index contributed by atoms with van der Waals surface area (Å²) in [5.74, 6) is 2.99. The van der Waals surface area contributed by atoms with Crippen LogP contribution in [0.15, 0.2) is 33.9 Å². The van der Waals surface area contributed by atoms with E-state index >= 15 is 0 Å². The van der Waals surface area contributed by atoms with E-state index < -0.39 is 0 Å². The van der Waals surface area contributed by atoms with Crippen LogP contribution >= 0.6 is 11.8 Å². The molecule has 0 aliphatic rings. The first-order valence-electron chi connectivity index (χ1n) is 7.53. The minimum atomic E-state index is 0.476. The maximum absolute atomic E-state index is 5.36. The van der Waals surface area contributed by atoms with Crippen LogP contribution in [0.3, 0.4) is 0 Å². The van der Waals surface area contributed by atoms with Gasteiger partial charge in [0.1, 0.15) is 11.4 Å². The van der Waals surface area contributed by atoms with Crippen molar-refractivity contribution < 1.29 is 9.26 Å². The molecule has 3 aromatic rings. The Labute approximate surface area is 143 Å². The molecule has 0 spiro atoms. The van der Waals surface area contributed by atoms with Crippen molar-refractivity contribution in [1.82, 2.24) is 30.3 Å². The molecule has 0 N–H and O–H groups in total. The maximum Gasteiger partial charge on any atom is 0.226 e. The number of hydrogen-bond acceptors (Lipinski definition) is 8. The molecule has 0 fully saturated rings. The van der Waals surface area contributed by atoms with Gasteiger partial charge in [-0.1, -0.05) is 42.9 Å². The number of para-hydroxylation sites is 2. The lowest BCUT2D eigenvalue weighted by Crippen LogP contribution is -2.02. The van der Waals surface area contributed by atoms with Gasteiger partial charge in [-0.05, 0) is 28.5 Å². The first kappa shape index (κ1) is 16.4. The highest BCUT2D eigenvalue weighted by atomic mass is 32.2. The van der Waals surface area contributed by atoms with Gasteiger partial charge in [0.15, 0.2) is 5.82 Å². The van der Waals surface area contributed by atoms with Gasteiger partial charge in [-0.3, -0.25) is 0 Å². The number of tetrazole rings is 1. The van der Waals surface area contributed by atoms with Gasteiger partial charge in [0, 0.05) is 6.42 Å². The summed E-state index contributed by atoms with van der Waals surface area (Å²) in [5.41, 5.74) is 0.779. The van der Waals surface area contributed by atoms with Crippen molar-refractivity contribution in [3.05, 3.63) is 36.0 Å². The number of rotatable bonds is 7. The molecule has 0 atom stereocenters. The predicted octanol–water partition coefficient (Wildman–Crippen LogP) is 2.54. The highest BCUT2D eigenvalue weighted by molar-refractivity contribution is 7.98. The Bertz CT molecular complexity index is 801. The van der Waals surface area contributed by atoms with Gasteiger partial charge >= 0.3 is 0 Å². The Morgan fingerprint density at radius 3 is 2.92 bits per heavy atom. The summed E-state index contributed by atoms with van der Waals surface area (Å²) in [4.78, 5) is 4.38. The second-order valence-electron chi connectivity index (χ2n) is 5.54. The average molecular weight is 346 g/mol.